The molecule has 2 heterocycles. The monoisotopic (exact) mass is 140 g/mol. The summed E-state index contributed by atoms with van der Waals surface area (Å²) in [5.74, 6) is 0. The lowest BCUT2D eigenvalue weighted by Gasteiger charge is -2.16. The van der Waals surface area contributed by atoms with Crippen molar-refractivity contribution in [2.75, 3.05) is 6.54 Å². The Balaban J connectivity index is 2.13. The lowest BCUT2D eigenvalue weighted by atomic mass is 10.1. The fourth-order valence-corrected chi connectivity index (χ4v) is 2.03. The number of hydrogen-bond acceptors (Lipinski definition) is 3. The number of aliphatic imine (C=N–C) groups is 2. The van der Waals surface area contributed by atoms with Crippen LogP contribution in [0.25, 0.3) is 0 Å². The quantitative estimate of drug-likeness (QED) is 0.492. The summed E-state index contributed by atoms with van der Waals surface area (Å²) < 4.78 is 0. The molecule has 3 heteroatoms. The van der Waals surface area contributed by atoms with Crippen molar-refractivity contribution in [1.82, 2.24) is 0 Å². The Labute approximate surface area is 58.5 Å². The maximum absolute atomic E-state index is 4.30. The SMILES string of the molecule is C1=NCC2SC=NC2C1. The largest absolute Gasteiger partial charge is 0.296 e. The third-order valence-corrected chi connectivity index (χ3v) is 2.73. The van der Waals surface area contributed by atoms with Crippen LogP contribution in [-0.4, -0.2) is 29.6 Å². The first kappa shape index (κ1) is 5.47. The molecule has 2 unspecified atom stereocenters. The van der Waals surface area contributed by atoms with Crippen molar-refractivity contribution in [3.8, 4) is 0 Å². The molecular weight excluding hydrogens is 132 g/mol. The molecule has 0 bridgehead atoms. The van der Waals surface area contributed by atoms with Gasteiger partial charge in [-0.3, -0.25) is 9.98 Å². The second-order valence-corrected chi connectivity index (χ2v) is 3.37. The predicted octanol–water partition coefficient (Wildman–Crippen LogP) is 0.973. The van der Waals surface area contributed by atoms with Crippen molar-refractivity contribution in [1.29, 1.82) is 0 Å². The Kier molecular flexibility index (Phi) is 1.30. The van der Waals surface area contributed by atoms with Crippen LogP contribution in [0.4, 0.5) is 0 Å². The Morgan fingerprint density at radius 1 is 1.56 bits per heavy atom. The zero-order valence-corrected chi connectivity index (χ0v) is 5.84. The average molecular weight is 140 g/mol. The van der Waals surface area contributed by atoms with Crippen LogP contribution in [0.3, 0.4) is 0 Å². The molecular formula is C6H8N2S. The zero-order valence-electron chi connectivity index (χ0n) is 5.03. The summed E-state index contributed by atoms with van der Waals surface area (Å²) in [6.07, 6.45) is 3.04. The van der Waals surface area contributed by atoms with Gasteiger partial charge in [0.25, 0.3) is 0 Å². The van der Waals surface area contributed by atoms with Crippen LogP contribution in [0.1, 0.15) is 6.42 Å². The van der Waals surface area contributed by atoms with E-state index in [-0.39, 0.29) is 0 Å². The molecule has 0 saturated carbocycles. The van der Waals surface area contributed by atoms with Gasteiger partial charge in [0.1, 0.15) is 0 Å². The average Bonchev–Trinajstić information content (AvgIpc) is 2.33. The molecule has 0 aliphatic carbocycles. The fourth-order valence-electron chi connectivity index (χ4n) is 1.12. The zero-order chi connectivity index (χ0) is 6.10. The minimum Gasteiger partial charge on any atom is -0.296 e. The molecule has 0 spiro atoms. The van der Waals surface area contributed by atoms with E-state index in [1.54, 1.807) is 0 Å². The maximum Gasteiger partial charge on any atom is 0.0695 e. The predicted molar refractivity (Wildman–Crippen MR) is 41.6 cm³/mol. The third kappa shape index (κ3) is 0.894. The van der Waals surface area contributed by atoms with E-state index in [1.165, 1.54) is 0 Å². The summed E-state index contributed by atoms with van der Waals surface area (Å²) in [5, 5.41) is 0.662. The molecule has 2 atom stereocenters. The van der Waals surface area contributed by atoms with E-state index in [1.807, 2.05) is 23.5 Å². The molecule has 0 fully saturated rings. The van der Waals surface area contributed by atoms with Gasteiger partial charge in [-0.05, 0) is 0 Å². The first-order valence-corrected chi connectivity index (χ1v) is 4.06. The lowest BCUT2D eigenvalue weighted by molar-refractivity contribution is 0.658. The molecule has 0 aromatic heterocycles. The second kappa shape index (κ2) is 2.14. The molecule has 0 saturated heterocycles. The van der Waals surface area contributed by atoms with Gasteiger partial charge in [0.05, 0.1) is 23.4 Å². The van der Waals surface area contributed by atoms with Crippen molar-refractivity contribution < 1.29 is 0 Å². The van der Waals surface area contributed by atoms with E-state index >= 15 is 0 Å². The summed E-state index contributed by atoms with van der Waals surface area (Å²) in [7, 11) is 0. The smallest absolute Gasteiger partial charge is 0.0695 e. The van der Waals surface area contributed by atoms with Gasteiger partial charge in [-0.15, -0.1) is 11.8 Å². The van der Waals surface area contributed by atoms with Crippen molar-refractivity contribution >= 4 is 23.5 Å². The standard InChI is InChI=1S/C6H8N2S/c1-2-7-3-6-5(1)8-4-9-6/h2,4-6H,1,3H2. The minimum absolute atomic E-state index is 0.549. The highest BCUT2D eigenvalue weighted by Crippen LogP contribution is 2.25. The number of nitrogens with zero attached hydrogens (tertiary/aromatic N) is 2. The molecule has 2 aliphatic heterocycles. The Hall–Kier alpha value is -0.310. The normalized spacial score (nSPS) is 39.1. The highest BCUT2D eigenvalue weighted by atomic mass is 32.2. The van der Waals surface area contributed by atoms with E-state index in [0.717, 1.165) is 13.0 Å². The molecule has 0 radical (unpaired) electrons. The molecule has 0 N–H and O–H groups in total. The number of rotatable bonds is 0. The van der Waals surface area contributed by atoms with Crippen molar-refractivity contribution in [2.45, 2.75) is 17.7 Å². The van der Waals surface area contributed by atoms with Gasteiger partial charge in [-0.25, -0.2) is 0 Å². The molecule has 0 aromatic carbocycles. The Bertz CT molecular complexity index is 164. The molecule has 0 amide bonds. The summed E-state index contributed by atoms with van der Waals surface area (Å²) >= 11 is 1.82. The molecule has 48 valence electrons. The Morgan fingerprint density at radius 2 is 2.56 bits per heavy atom. The maximum atomic E-state index is 4.30. The number of fused-ring (bicyclic) bond motifs is 1. The summed E-state index contributed by atoms with van der Waals surface area (Å²) in [6.45, 7) is 0.968. The molecule has 0 aromatic rings. The summed E-state index contributed by atoms with van der Waals surface area (Å²) in [4.78, 5) is 8.50. The minimum atomic E-state index is 0.549. The topological polar surface area (TPSA) is 24.7 Å². The number of thioether (sulfide) groups is 1. The Morgan fingerprint density at radius 3 is 3.44 bits per heavy atom. The molecule has 2 aliphatic rings. The van der Waals surface area contributed by atoms with E-state index in [0.29, 0.717) is 11.3 Å². The first-order chi connectivity index (χ1) is 4.47. The molecule has 2 nitrogen and oxygen atoms in total. The van der Waals surface area contributed by atoms with Gasteiger partial charge in [-0.1, -0.05) is 0 Å². The van der Waals surface area contributed by atoms with Crippen molar-refractivity contribution in [3.63, 3.8) is 0 Å². The second-order valence-electron chi connectivity index (χ2n) is 2.28. The van der Waals surface area contributed by atoms with Crippen LogP contribution >= 0.6 is 11.8 Å². The highest BCUT2D eigenvalue weighted by molar-refractivity contribution is 8.13. The lowest BCUT2D eigenvalue weighted by Crippen LogP contribution is -2.24. The van der Waals surface area contributed by atoms with Gasteiger partial charge in [0, 0.05) is 12.6 Å². The fraction of sp³-hybridized carbons (Fsp3) is 0.667. The van der Waals surface area contributed by atoms with Crippen LogP contribution in [-0.2, 0) is 0 Å². The molecule has 2 rings (SSSR count). The molecule has 9 heavy (non-hydrogen) atoms. The van der Waals surface area contributed by atoms with Crippen LogP contribution in [0.15, 0.2) is 9.98 Å². The van der Waals surface area contributed by atoms with Crippen LogP contribution in [0, 0.1) is 0 Å². The van der Waals surface area contributed by atoms with Gasteiger partial charge in [-0.2, -0.15) is 0 Å². The van der Waals surface area contributed by atoms with Crippen LogP contribution in [0.5, 0.6) is 0 Å². The first-order valence-electron chi connectivity index (χ1n) is 3.12. The van der Waals surface area contributed by atoms with E-state index in [2.05, 4.69) is 9.98 Å². The van der Waals surface area contributed by atoms with Gasteiger partial charge in [0.15, 0.2) is 0 Å². The van der Waals surface area contributed by atoms with Crippen molar-refractivity contribution in [3.05, 3.63) is 0 Å². The van der Waals surface area contributed by atoms with Gasteiger partial charge < -0.3 is 0 Å². The summed E-state index contributed by atoms with van der Waals surface area (Å²) in [5.41, 5.74) is 1.96. The van der Waals surface area contributed by atoms with Crippen LogP contribution in [0.2, 0.25) is 0 Å². The van der Waals surface area contributed by atoms with E-state index in [9.17, 15) is 0 Å². The third-order valence-electron chi connectivity index (χ3n) is 1.68. The van der Waals surface area contributed by atoms with Gasteiger partial charge >= 0.3 is 0 Å². The highest BCUT2D eigenvalue weighted by Gasteiger charge is 2.25. The number of hydrogen-bond donors (Lipinski definition) is 0. The van der Waals surface area contributed by atoms with Crippen molar-refractivity contribution in [2.24, 2.45) is 9.98 Å². The summed E-state index contributed by atoms with van der Waals surface area (Å²) in [6, 6.07) is 0.549. The van der Waals surface area contributed by atoms with E-state index in [4.69, 9.17) is 0 Å². The van der Waals surface area contributed by atoms with Gasteiger partial charge in [0.2, 0.25) is 0 Å². The van der Waals surface area contributed by atoms with Crippen LogP contribution < -0.4 is 0 Å². The van der Waals surface area contributed by atoms with E-state index < -0.39 is 0 Å².